The van der Waals surface area contributed by atoms with Crippen molar-refractivity contribution in [2.45, 2.75) is 58.5 Å². The molecular weight excluding hydrogens is 450 g/mol. The van der Waals surface area contributed by atoms with Crippen LogP contribution in [-0.2, 0) is 26.2 Å². The largest absolute Gasteiger partial charge is 0.354 e. The Kier molecular flexibility index (Phi) is 9.82. The van der Waals surface area contributed by atoms with Crippen molar-refractivity contribution in [2.24, 2.45) is 5.92 Å². The van der Waals surface area contributed by atoms with E-state index in [-0.39, 0.29) is 29.8 Å². The Hall–Kier alpha value is -2.71. The topological polar surface area (TPSA) is 86.8 Å². The van der Waals surface area contributed by atoms with Gasteiger partial charge in [0.25, 0.3) is 0 Å². The van der Waals surface area contributed by atoms with Crippen molar-refractivity contribution in [2.75, 3.05) is 20.1 Å². The van der Waals surface area contributed by atoms with Crippen molar-refractivity contribution in [1.82, 2.24) is 14.5 Å². The van der Waals surface area contributed by atoms with Crippen LogP contribution in [0.3, 0.4) is 0 Å². The van der Waals surface area contributed by atoms with Gasteiger partial charge in [-0.1, -0.05) is 68.3 Å². The van der Waals surface area contributed by atoms with E-state index in [1.54, 1.807) is 12.1 Å². The van der Waals surface area contributed by atoms with Crippen molar-refractivity contribution in [3.05, 3.63) is 65.2 Å². The highest BCUT2D eigenvalue weighted by Gasteiger charge is 2.31. The minimum atomic E-state index is -3.85. The molecule has 0 bridgehead atoms. The number of hydrogen-bond donors (Lipinski definition) is 1. The second-order valence-corrected chi connectivity index (χ2v) is 11.2. The number of carbonyl (C=O) groups excluding carboxylic acids is 2. The number of likely N-dealkylation sites (N-methyl/N-ethyl adjacent to an activating group) is 1. The Labute approximate surface area is 204 Å². The number of hydrogen-bond acceptors (Lipinski definition) is 4. The molecule has 0 saturated carbocycles. The highest BCUT2D eigenvalue weighted by Crippen LogP contribution is 2.18. The van der Waals surface area contributed by atoms with Crippen LogP contribution in [-0.4, -0.2) is 55.6 Å². The summed E-state index contributed by atoms with van der Waals surface area (Å²) in [7, 11) is -2.47. The summed E-state index contributed by atoms with van der Waals surface area (Å²) in [5.41, 5.74) is 2.87. The molecule has 8 heteroatoms. The van der Waals surface area contributed by atoms with E-state index in [0.29, 0.717) is 13.0 Å². The average molecular weight is 488 g/mol. The van der Waals surface area contributed by atoms with E-state index in [4.69, 9.17) is 0 Å². The van der Waals surface area contributed by atoms with Crippen LogP contribution in [0, 0.1) is 19.8 Å². The minimum Gasteiger partial charge on any atom is -0.354 e. The fourth-order valence-electron chi connectivity index (χ4n) is 3.61. The lowest BCUT2D eigenvalue weighted by molar-refractivity contribution is -0.141. The van der Waals surface area contributed by atoms with Crippen LogP contribution in [0.15, 0.2) is 53.4 Å². The van der Waals surface area contributed by atoms with E-state index in [2.05, 4.69) is 5.32 Å². The molecule has 0 radical (unpaired) electrons. The lowest BCUT2D eigenvalue weighted by Gasteiger charge is -2.32. The number of aryl methyl sites for hydroxylation is 2. The Morgan fingerprint density at radius 1 is 1.00 bits per heavy atom. The number of carbonyl (C=O) groups is 2. The lowest BCUT2D eigenvalue weighted by atomic mass is 10.1. The lowest BCUT2D eigenvalue weighted by Crippen LogP contribution is -2.52. The number of benzene rings is 2. The molecule has 0 fully saturated rings. The summed E-state index contributed by atoms with van der Waals surface area (Å²) in [6.45, 7) is 10.0. The van der Waals surface area contributed by atoms with E-state index in [9.17, 15) is 18.0 Å². The predicted octanol–water partition coefficient (Wildman–Crippen LogP) is 3.50. The van der Waals surface area contributed by atoms with Crippen molar-refractivity contribution in [3.8, 4) is 0 Å². The maximum Gasteiger partial charge on any atom is 0.243 e. The van der Waals surface area contributed by atoms with Crippen molar-refractivity contribution in [1.29, 1.82) is 0 Å². The Bertz CT molecular complexity index is 1080. The number of rotatable bonds is 11. The van der Waals surface area contributed by atoms with Crippen LogP contribution in [0.2, 0.25) is 0 Å². The molecule has 34 heavy (non-hydrogen) atoms. The van der Waals surface area contributed by atoms with Gasteiger partial charge in [0.05, 0.1) is 11.4 Å². The van der Waals surface area contributed by atoms with Gasteiger partial charge >= 0.3 is 0 Å². The first kappa shape index (κ1) is 27.5. The highest BCUT2D eigenvalue weighted by molar-refractivity contribution is 7.89. The fourth-order valence-corrected chi connectivity index (χ4v) is 4.73. The first-order valence-corrected chi connectivity index (χ1v) is 13.1. The molecule has 0 spiro atoms. The molecule has 1 atom stereocenters. The number of nitrogens with one attached hydrogen (secondary N) is 1. The maximum absolute atomic E-state index is 13.5. The van der Waals surface area contributed by atoms with Gasteiger partial charge in [-0.3, -0.25) is 9.59 Å². The zero-order valence-electron chi connectivity index (χ0n) is 21.0. The first-order chi connectivity index (χ1) is 15.9. The summed E-state index contributed by atoms with van der Waals surface area (Å²) in [4.78, 5) is 28.1. The zero-order chi connectivity index (χ0) is 25.5. The summed E-state index contributed by atoms with van der Waals surface area (Å²) in [5.74, 6) is -0.388. The quantitative estimate of drug-likeness (QED) is 0.526. The van der Waals surface area contributed by atoms with Gasteiger partial charge in [-0.15, -0.1) is 0 Å². The predicted molar refractivity (Wildman–Crippen MR) is 135 cm³/mol. The fraction of sp³-hybridized carbons (Fsp3) is 0.462. The summed E-state index contributed by atoms with van der Waals surface area (Å²) >= 11 is 0. The van der Waals surface area contributed by atoms with Gasteiger partial charge in [0.15, 0.2) is 0 Å². The summed E-state index contributed by atoms with van der Waals surface area (Å²) < 4.78 is 27.1. The molecule has 0 aromatic heterocycles. The highest BCUT2D eigenvalue weighted by atomic mass is 32.2. The Morgan fingerprint density at radius 2 is 1.65 bits per heavy atom. The average Bonchev–Trinajstić information content (AvgIpc) is 2.77. The maximum atomic E-state index is 13.5. The van der Waals surface area contributed by atoms with Crippen LogP contribution in [0.5, 0.6) is 0 Å². The monoisotopic (exact) mass is 487 g/mol. The third-order valence-corrected chi connectivity index (χ3v) is 7.41. The molecule has 7 nitrogen and oxygen atoms in total. The molecule has 2 aromatic rings. The van der Waals surface area contributed by atoms with Crippen molar-refractivity contribution in [3.63, 3.8) is 0 Å². The molecule has 2 amide bonds. The molecule has 2 aromatic carbocycles. The third-order valence-electron chi connectivity index (χ3n) is 5.59. The summed E-state index contributed by atoms with van der Waals surface area (Å²) in [6, 6.07) is 13.5. The van der Waals surface area contributed by atoms with Crippen LogP contribution in [0.25, 0.3) is 0 Å². The van der Waals surface area contributed by atoms with Gasteiger partial charge in [-0.25, -0.2) is 8.42 Å². The second kappa shape index (κ2) is 12.1. The molecule has 0 saturated heterocycles. The van der Waals surface area contributed by atoms with Gasteiger partial charge in [-0.05, 0) is 43.9 Å². The number of sulfonamides is 1. The second-order valence-electron chi connectivity index (χ2n) is 9.15. The standard InChI is InChI=1S/C26H37N3O4S/c1-7-24(26(31)27-16-19(2)3)29(17-22-10-8-9-21(5)15-22)25(30)18-28(6)34(32,33)23-13-11-20(4)12-14-23/h8-15,19,24H,7,16-18H2,1-6H3,(H,27,31). The van der Waals surface area contributed by atoms with Gasteiger partial charge in [0.2, 0.25) is 21.8 Å². The first-order valence-electron chi connectivity index (χ1n) is 11.6. The van der Waals surface area contributed by atoms with Crippen LogP contribution < -0.4 is 5.32 Å². The number of nitrogens with zero attached hydrogens (tertiary/aromatic N) is 2. The molecule has 0 aliphatic heterocycles. The van der Waals surface area contributed by atoms with Crippen LogP contribution >= 0.6 is 0 Å². The smallest absolute Gasteiger partial charge is 0.243 e. The molecule has 0 heterocycles. The Balaban J connectivity index is 2.31. The molecule has 1 N–H and O–H groups in total. The van der Waals surface area contributed by atoms with Crippen molar-refractivity contribution >= 4 is 21.8 Å². The molecule has 0 aliphatic rings. The molecular formula is C26H37N3O4S. The normalized spacial score (nSPS) is 12.6. The van der Waals surface area contributed by atoms with E-state index >= 15 is 0 Å². The minimum absolute atomic E-state index is 0.125. The van der Waals surface area contributed by atoms with E-state index in [0.717, 1.165) is 21.0 Å². The summed E-state index contributed by atoms with van der Waals surface area (Å²) in [5, 5.41) is 2.92. The molecule has 2 rings (SSSR count). The molecule has 186 valence electrons. The molecule has 0 aliphatic carbocycles. The van der Waals surface area contributed by atoms with Crippen molar-refractivity contribution < 1.29 is 18.0 Å². The van der Waals surface area contributed by atoms with Gasteiger partial charge < -0.3 is 10.2 Å². The Morgan fingerprint density at radius 3 is 2.21 bits per heavy atom. The van der Waals surface area contributed by atoms with Crippen LogP contribution in [0.1, 0.15) is 43.9 Å². The van der Waals surface area contributed by atoms with Gasteiger partial charge in [-0.2, -0.15) is 4.31 Å². The summed E-state index contributed by atoms with van der Waals surface area (Å²) in [6.07, 6.45) is 0.413. The van der Waals surface area contributed by atoms with Crippen LogP contribution in [0.4, 0.5) is 0 Å². The SMILES string of the molecule is CCC(C(=O)NCC(C)C)N(Cc1cccc(C)c1)C(=O)CN(C)S(=O)(=O)c1ccc(C)cc1. The van der Waals surface area contributed by atoms with Gasteiger partial charge in [0, 0.05) is 20.1 Å². The van der Waals surface area contributed by atoms with E-state index in [1.165, 1.54) is 24.1 Å². The number of amides is 2. The zero-order valence-corrected chi connectivity index (χ0v) is 21.9. The molecule has 1 unspecified atom stereocenters. The van der Waals surface area contributed by atoms with E-state index < -0.39 is 22.0 Å². The van der Waals surface area contributed by atoms with Gasteiger partial charge in [0.1, 0.15) is 6.04 Å². The van der Waals surface area contributed by atoms with E-state index in [1.807, 2.05) is 58.9 Å². The third kappa shape index (κ3) is 7.40.